The van der Waals surface area contributed by atoms with Crippen molar-refractivity contribution in [3.8, 4) is 0 Å². The van der Waals surface area contributed by atoms with E-state index < -0.39 is 0 Å². The number of hydrogen-bond acceptors (Lipinski definition) is 6. The predicted octanol–water partition coefficient (Wildman–Crippen LogP) is 1.80. The van der Waals surface area contributed by atoms with Crippen molar-refractivity contribution in [2.75, 3.05) is 0 Å². The van der Waals surface area contributed by atoms with E-state index in [9.17, 15) is 0 Å². The first kappa shape index (κ1) is 9.32. The van der Waals surface area contributed by atoms with Crippen LogP contribution in [0.5, 0.6) is 0 Å². The molecule has 0 aliphatic heterocycles. The molecule has 2 aromatic heterocycles. The Morgan fingerprint density at radius 1 is 0.824 bits per heavy atom. The van der Waals surface area contributed by atoms with Crippen LogP contribution in [0.15, 0.2) is 9.05 Å². The second kappa shape index (κ2) is 3.38. The van der Waals surface area contributed by atoms with Crippen LogP contribution in [0, 0.1) is 0 Å². The van der Waals surface area contributed by atoms with Crippen LogP contribution >= 0.6 is 0 Å². The van der Waals surface area contributed by atoms with Crippen molar-refractivity contribution in [1.29, 1.82) is 0 Å². The molecule has 88 valence electrons. The van der Waals surface area contributed by atoms with Gasteiger partial charge in [-0.1, -0.05) is 10.3 Å². The van der Waals surface area contributed by atoms with Crippen LogP contribution in [-0.2, 0) is 6.42 Å². The van der Waals surface area contributed by atoms with Gasteiger partial charge in [-0.25, -0.2) is 0 Å². The Morgan fingerprint density at radius 3 is 1.71 bits per heavy atom. The first-order valence-electron chi connectivity index (χ1n) is 6.03. The highest BCUT2D eigenvalue weighted by Gasteiger charge is 2.30. The summed E-state index contributed by atoms with van der Waals surface area (Å²) in [7, 11) is 0. The molecule has 4 rings (SSSR count). The SMILES string of the molecule is C(c1nc(C2CC2)no1)c1nc(C2CC2)no1. The van der Waals surface area contributed by atoms with Crippen molar-refractivity contribution < 1.29 is 9.05 Å². The number of hydrogen-bond donors (Lipinski definition) is 0. The van der Waals surface area contributed by atoms with Gasteiger partial charge < -0.3 is 9.05 Å². The molecule has 2 aliphatic carbocycles. The molecular formula is C11H12N4O2. The molecule has 0 atom stereocenters. The maximum Gasteiger partial charge on any atom is 0.236 e. The molecule has 0 aromatic carbocycles. The molecule has 0 amide bonds. The molecule has 0 N–H and O–H groups in total. The first-order valence-corrected chi connectivity index (χ1v) is 6.03. The molecule has 0 radical (unpaired) electrons. The molecule has 2 aliphatic rings. The van der Waals surface area contributed by atoms with E-state index in [1.807, 2.05) is 0 Å². The monoisotopic (exact) mass is 232 g/mol. The minimum Gasteiger partial charge on any atom is -0.339 e. The second-order valence-electron chi connectivity index (χ2n) is 4.82. The van der Waals surface area contributed by atoms with Crippen molar-refractivity contribution in [3.63, 3.8) is 0 Å². The van der Waals surface area contributed by atoms with E-state index in [-0.39, 0.29) is 0 Å². The van der Waals surface area contributed by atoms with Crippen LogP contribution in [0.25, 0.3) is 0 Å². The van der Waals surface area contributed by atoms with Gasteiger partial charge in [0.25, 0.3) is 0 Å². The summed E-state index contributed by atoms with van der Waals surface area (Å²) < 4.78 is 10.3. The molecule has 6 nitrogen and oxygen atoms in total. The van der Waals surface area contributed by atoms with E-state index in [4.69, 9.17) is 9.05 Å². The molecule has 2 fully saturated rings. The zero-order valence-corrected chi connectivity index (χ0v) is 9.30. The van der Waals surface area contributed by atoms with Gasteiger partial charge in [-0.15, -0.1) is 0 Å². The van der Waals surface area contributed by atoms with Gasteiger partial charge in [0, 0.05) is 11.8 Å². The highest BCUT2D eigenvalue weighted by atomic mass is 16.5. The molecule has 0 bridgehead atoms. The highest BCUT2D eigenvalue weighted by molar-refractivity contribution is 5.07. The van der Waals surface area contributed by atoms with Gasteiger partial charge in [0.05, 0.1) is 0 Å². The number of aromatic nitrogens is 4. The molecule has 2 saturated carbocycles. The fraction of sp³-hybridized carbons (Fsp3) is 0.636. The minimum absolute atomic E-state index is 0.444. The van der Waals surface area contributed by atoms with Gasteiger partial charge >= 0.3 is 0 Å². The van der Waals surface area contributed by atoms with Crippen LogP contribution in [0.3, 0.4) is 0 Å². The fourth-order valence-electron chi connectivity index (χ4n) is 1.82. The van der Waals surface area contributed by atoms with Crippen LogP contribution in [0.4, 0.5) is 0 Å². The summed E-state index contributed by atoms with van der Waals surface area (Å²) in [4.78, 5) is 8.66. The van der Waals surface area contributed by atoms with Gasteiger partial charge in [0.15, 0.2) is 11.6 Å². The summed E-state index contributed by atoms with van der Waals surface area (Å²) in [5.41, 5.74) is 0. The van der Waals surface area contributed by atoms with Crippen LogP contribution in [0.1, 0.15) is 60.9 Å². The standard InChI is InChI=1S/C11H12N4O2/c1-2-6(1)10-12-8(16-14-10)5-9-13-11(15-17-9)7-3-4-7/h6-7H,1-5H2. The molecule has 17 heavy (non-hydrogen) atoms. The largest absolute Gasteiger partial charge is 0.339 e. The maximum absolute atomic E-state index is 5.17. The maximum atomic E-state index is 5.17. The Labute approximate surface area is 97.4 Å². The third-order valence-electron chi connectivity index (χ3n) is 3.16. The van der Waals surface area contributed by atoms with Gasteiger partial charge in [0.2, 0.25) is 11.8 Å². The molecular weight excluding hydrogens is 220 g/mol. The second-order valence-corrected chi connectivity index (χ2v) is 4.82. The average molecular weight is 232 g/mol. The van der Waals surface area contributed by atoms with Gasteiger partial charge in [-0.2, -0.15) is 9.97 Å². The third kappa shape index (κ3) is 1.83. The van der Waals surface area contributed by atoms with Crippen molar-refractivity contribution in [1.82, 2.24) is 20.3 Å². The summed E-state index contributed by atoms with van der Waals surface area (Å²) in [5.74, 6) is 3.80. The molecule has 2 heterocycles. The lowest BCUT2D eigenvalue weighted by molar-refractivity contribution is 0.344. The van der Waals surface area contributed by atoms with Crippen molar-refractivity contribution in [2.24, 2.45) is 0 Å². The lowest BCUT2D eigenvalue weighted by atomic mass is 10.4. The van der Waals surface area contributed by atoms with Crippen LogP contribution in [-0.4, -0.2) is 20.3 Å². The van der Waals surface area contributed by atoms with Gasteiger partial charge in [-0.3, -0.25) is 0 Å². The lowest BCUT2D eigenvalue weighted by Gasteiger charge is -1.85. The Balaban J connectivity index is 1.50. The molecule has 0 spiro atoms. The normalized spacial score (nSPS) is 19.8. The smallest absolute Gasteiger partial charge is 0.236 e. The average Bonchev–Trinajstić information content (AvgIpc) is 3.27. The topological polar surface area (TPSA) is 77.8 Å². The fourth-order valence-corrected chi connectivity index (χ4v) is 1.82. The molecule has 6 heteroatoms. The third-order valence-corrected chi connectivity index (χ3v) is 3.16. The molecule has 0 unspecified atom stereocenters. The Hall–Kier alpha value is -1.72. The zero-order valence-electron chi connectivity index (χ0n) is 9.30. The van der Waals surface area contributed by atoms with E-state index >= 15 is 0 Å². The number of nitrogens with zero attached hydrogens (tertiary/aromatic N) is 4. The predicted molar refractivity (Wildman–Crippen MR) is 55.4 cm³/mol. The quantitative estimate of drug-likeness (QED) is 0.799. The summed E-state index contributed by atoms with van der Waals surface area (Å²) in [6.45, 7) is 0. The summed E-state index contributed by atoms with van der Waals surface area (Å²) in [5, 5.41) is 7.91. The summed E-state index contributed by atoms with van der Waals surface area (Å²) in [6, 6.07) is 0. The van der Waals surface area contributed by atoms with E-state index in [1.54, 1.807) is 0 Å². The zero-order chi connectivity index (χ0) is 11.2. The van der Waals surface area contributed by atoms with Crippen LogP contribution in [0.2, 0.25) is 0 Å². The highest BCUT2D eigenvalue weighted by Crippen LogP contribution is 2.39. The van der Waals surface area contributed by atoms with E-state index in [2.05, 4.69) is 20.3 Å². The molecule has 0 saturated heterocycles. The summed E-state index contributed by atoms with van der Waals surface area (Å²) in [6.07, 6.45) is 5.13. The van der Waals surface area contributed by atoms with E-state index in [0.29, 0.717) is 30.0 Å². The Kier molecular flexibility index (Phi) is 1.86. The Bertz CT molecular complexity index is 491. The lowest BCUT2D eigenvalue weighted by Crippen LogP contribution is -1.90. The first-order chi connectivity index (χ1) is 8.38. The minimum atomic E-state index is 0.444. The number of rotatable bonds is 4. The van der Waals surface area contributed by atoms with E-state index in [1.165, 1.54) is 25.7 Å². The van der Waals surface area contributed by atoms with Crippen molar-refractivity contribution >= 4 is 0 Å². The Morgan fingerprint density at radius 2 is 1.29 bits per heavy atom. The van der Waals surface area contributed by atoms with Crippen LogP contribution < -0.4 is 0 Å². The van der Waals surface area contributed by atoms with Crippen molar-refractivity contribution in [3.05, 3.63) is 23.4 Å². The summed E-state index contributed by atoms with van der Waals surface area (Å²) >= 11 is 0. The molecule has 2 aromatic rings. The van der Waals surface area contributed by atoms with Crippen molar-refractivity contribution in [2.45, 2.75) is 43.9 Å². The van der Waals surface area contributed by atoms with E-state index in [0.717, 1.165) is 11.6 Å². The van der Waals surface area contributed by atoms with Gasteiger partial charge in [0.1, 0.15) is 6.42 Å². The van der Waals surface area contributed by atoms with Gasteiger partial charge in [-0.05, 0) is 25.7 Å².